The van der Waals surface area contributed by atoms with E-state index in [0.717, 1.165) is 17.0 Å². The summed E-state index contributed by atoms with van der Waals surface area (Å²) >= 11 is 0. The van der Waals surface area contributed by atoms with Gasteiger partial charge in [-0.25, -0.2) is 9.37 Å². The van der Waals surface area contributed by atoms with Gasteiger partial charge in [0.25, 0.3) is 5.91 Å². The Hall–Kier alpha value is -2.95. The summed E-state index contributed by atoms with van der Waals surface area (Å²) < 4.78 is 18.6. The van der Waals surface area contributed by atoms with Crippen LogP contribution in [0.4, 0.5) is 4.39 Å². The number of hydrogen-bond acceptors (Lipinski definition) is 3. The lowest BCUT2D eigenvalue weighted by Gasteiger charge is -2.04. The Morgan fingerprint density at radius 1 is 1.08 bits per heavy atom. The molecule has 1 aromatic heterocycles. The number of amides is 1. The number of rotatable bonds is 5. The third-order valence-corrected chi connectivity index (χ3v) is 3.94. The maximum absolute atomic E-state index is 12.9. The van der Waals surface area contributed by atoms with Gasteiger partial charge < -0.3 is 9.73 Å². The molecular formula is C20H19FN2O2. The minimum absolute atomic E-state index is 0.236. The normalized spacial score (nSPS) is 10.7. The summed E-state index contributed by atoms with van der Waals surface area (Å²) in [6.45, 7) is 4.32. The van der Waals surface area contributed by atoms with Gasteiger partial charge in [0.05, 0.1) is 5.69 Å². The molecule has 5 heteroatoms. The molecule has 25 heavy (non-hydrogen) atoms. The van der Waals surface area contributed by atoms with E-state index in [0.29, 0.717) is 24.4 Å². The van der Waals surface area contributed by atoms with Crippen molar-refractivity contribution in [2.45, 2.75) is 20.3 Å². The van der Waals surface area contributed by atoms with Crippen LogP contribution in [-0.2, 0) is 6.42 Å². The van der Waals surface area contributed by atoms with Gasteiger partial charge in [-0.2, -0.15) is 0 Å². The molecule has 0 spiro atoms. The molecule has 0 aliphatic carbocycles. The molecule has 4 nitrogen and oxygen atoms in total. The standard InChI is InChI=1S/C20H19FN2O2/c1-13-3-5-16(6-4-13)20-23-18(14(2)25-20)11-12-22-19(24)15-7-9-17(21)10-8-15/h3-10H,11-12H2,1-2H3,(H,22,24). The van der Waals surface area contributed by atoms with Crippen LogP contribution in [0.3, 0.4) is 0 Å². The lowest BCUT2D eigenvalue weighted by molar-refractivity contribution is 0.0954. The van der Waals surface area contributed by atoms with E-state index in [1.54, 1.807) is 0 Å². The number of benzene rings is 2. The molecule has 0 atom stereocenters. The van der Waals surface area contributed by atoms with Gasteiger partial charge in [0.2, 0.25) is 5.89 Å². The molecule has 0 saturated carbocycles. The molecule has 1 amide bonds. The summed E-state index contributed by atoms with van der Waals surface area (Å²) in [4.78, 5) is 16.5. The Morgan fingerprint density at radius 2 is 1.76 bits per heavy atom. The SMILES string of the molecule is Cc1ccc(-c2nc(CCNC(=O)c3ccc(F)cc3)c(C)o2)cc1. The zero-order valence-corrected chi connectivity index (χ0v) is 14.2. The summed E-state index contributed by atoms with van der Waals surface area (Å²) in [6, 6.07) is 13.4. The molecule has 0 saturated heterocycles. The minimum Gasteiger partial charge on any atom is -0.441 e. The number of hydrogen-bond donors (Lipinski definition) is 1. The van der Waals surface area contributed by atoms with Gasteiger partial charge in [-0.3, -0.25) is 4.79 Å². The monoisotopic (exact) mass is 338 g/mol. The zero-order valence-electron chi connectivity index (χ0n) is 14.2. The lowest BCUT2D eigenvalue weighted by Crippen LogP contribution is -2.25. The van der Waals surface area contributed by atoms with Crippen LogP contribution in [-0.4, -0.2) is 17.4 Å². The fourth-order valence-corrected chi connectivity index (χ4v) is 2.48. The topological polar surface area (TPSA) is 55.1 Å². The average Bonchev–Trinajstić information content (AvgIpc) is 2.97. The number of aromatic nitrogens is 1. The third kappa shape index (κ3) is 4.12. The van der Waals surface area contributed by atoms with Gasteiger partial charge in [-0.1, -0.05) is 17.7 Å². The van der Waals surface area contributed by atoms with Crippen molar-refractivity contribution < 1.29 is 13.6 Å². The van der Waals surface area contributed by atoms with Gasteiger partial charge in [-0.05, 0) is 50.2 Å². The Bertz CT molecular complexity index is 868. The van der Waals surface area contributed by atoms with Gasteiger partial charge >= 0.3 is 0 Å². The fourth-order valence-electron chi connectivity index (χ4n) is 2.48. The molecule has 3 rings (SSSR count). The third-order valence-electron chi connectivity index (χ3n) is 3.94. The van der Waals surface area contributed by atoms with Gasteiger partial charge in [0, 0.05) is 24.1 Å². The van der Waals surface area contributed by atoms with Crippen LogP contribution in [0.2, 0.25) is 0 Å². The molecule has 0 fully saturated rings. The predicted molar refractivity (Wildman–Crippen MR) is 93.9 cm³/mol. The summed E-state index contributed by atoms with van der Waals surface area (Å²) in [5.41, 5.74) is 3.35. The van der Waals surface area contributed by atoms with Crippen LogP contribution in [0, 0.1) is 19.7 Å². The van der Waals surface area contributed by atoms with Crippen LogP contribution in [0.25, 0.3) is 11.5 Å². The maximum Gasteiger partial charge on any atom is 0.251 e. The van der Waals surface area contributed by atoms with Crippen molar-refractivity contribution in [3.63, 3.8) is 0 Å². The molecule has 0 radical (unpaired) electrons. The number of nitrogens with one attached hydrogen (secondary N) is 1. The summed E-state index contributed by atoms with van der Waals surface area (Å²) in [5, 5.41) is 2.81. The lowest BCUT2D eigenvalue weighted by atomic mass is 10.1. The van der Waals surface area contributed by atoms with Crippen LogP contribution < -0.4 is 5.32 Å². The minimum atomic E-state index is -0.363. The van der Waals surface area contributed by atoms with E-state index < -0.39 is 0 Å². The summed E-state index contributed by atoms with van der Waals surface area (Å²) in [5.74, 6) is 0.724. The number of carbonyl (C=O) groups is 1. The summed E-state index contributed by atoms with van der Waals surface area (Å²) in [7, 11) is 0. The van der Waals surface area contributed by atoms with Crippen molar-refractivity contribution >= 4 is 5.91 Å². The van der Waals surface area contributed by atoms with Gasteiger partial charge in [0.15, 0.2) is 0 Å². The number of nitrogens with zero attached hydrogens (tertiary/aromatic N) is 1. The molecule has 1 N–H and O–H groups in total. The summed E-state index contributed by atoms with van der Waals surface area (Å²) in [6.07, 6.45) is 0.564. The molecule has 0 unspecified atom stereocenters. The zero-order chi connectivity index (χ0) is 17.8. The number of carbonyl (C=O) groups excluding carboxylic acids is 1. The number of aryl methyl sites for hydroxylation is 2. The molecule has 0 aliphatic heterocycles. The van der Waals surface area contributed by atoms with Crippen LogP contribution in [0.5, 0.6) is 0 Å². The van der Waals surface area contributed by atoms with E-state index in [4.69, 9.17) is 4.42 Å². The maximum atomic E-state index is 12.9. The molecule has 1 heterocycles. The van der Waals surface area contributed by atoms with Crippen LogP contribution in [0.1, 0.15) is 27.4 Å². The Kier molecular flexibility index (Phi) is 4.93. The fraction of sp³-hybridized carbons (Fsp3) is 0.200. The smallest absolute Gasteiger partial charge is 0.251 e. The second kappa shape index (κ2) is 7.30. The highest BCUT2D eigenvalue weighted by molar-refractivity contribution is 5.94. The highest BCUT2D eigenvalue weighted by atomic mass is 19.1. The van der Waals surface area contributed by atoms with Crippen LogP contribution in [0.15, 0.2) is 52.9 Å². The van der Waals surface area contributed by atoms with Crippen molar-refractivity contribution in [2.24, 2.45) is 0 Å². The second-order valence-electron chi connectivity index (χ2n) is 5.90. The van der Waals surface area contributed by atoms with Gasteiger partial charge in [0.1, 0.15) is 11.6 Å². The van der Waals surface area contributed by atoms with Crippen molar-refractivity contribution in [3.8, 4) is 11.5 Å². The Labute approximate surface area is 145 Å². The highest BCUT2D eigenvalue weighted by Gasteiger charge is 2.12. The quantitative estimate of drug-likeness (QED) is 0.763. The number of halogens is 1. The van der Waals surface area contributed by atoms with Crippen molar-refractivity contribution in [2.75, 3.05) is 6.54 Å². The van der Waals surface area contributed by atoms with Crippen molar-refractivity contribution in [3.05, 3.63) is 76.9 Å². The van der Waals surface area contributed by atoms with Crippen LogP contribution >= 0.6 is 0 Å². The predicted octanol–water partition coefficient (Wildman–Crippen LogP) is 4.07. The Balaban J connectivity index is 1.61. The first-order valence-corrected chi connectivity index (χ1v) is 8.10. The molecule has 0 bridgehead atoms. The van der Waals surface area contributed by atoms with E-state index in [1.807, 2.05) is 38.1 Å². The highest BCUT2D eigenvalue weighted by Crippen LogP contribution is 2.22. The molecule has 3 aromatic rings. The van der Waals surface area contributed by atoms with E-state index in [9.17, 15) is 9.18 Å². The molecule has 128 valence electrons. The second-order valence-corrected chi connectivity index (χ2v) is 5.90. The van der Waals surface area contributed by atoms with Crippen molar-refractivity contribution in [1.29, 1.82) is 0 Å². The first-order chi connectivity index (χ1) is 12.0. The molecular weight excluding hydrogens is 319 g/mol. The van der Waals surface area contributed by atoms with E-state index in [-0.39, 0.29) is 11.7 Å². The first-order valence-electron chi connectivity index (χ1n) is 8.10. The molecule has 0 aliphatic rings. The first kappa shape index (κ1) is 16.9. The van der Waals surface area contributed by atoms with E-state index in [2.05, 4.69) is 10.3 Å². The van der Waals surface area contributed by atoms with Crippen molar-refractivity contribution in [1.82, 2.24) is 10.3 Å². The number of oxazole rings is 1. The van der Waals surface area contributed by atoms with Gasteiger partial charge in [-0.15, -0.1) is 0 Å². The average molecular weight is 338 g/mol. The largest absolute Gasteiger partial charge is 0.441 e. The molecule has 2 aromatic carbocycles. The van der Waals surface area contributed by atoms with E-state index in [1.165, 1.54) is 29.8 Å². The van der Waals surface area contributed by atoms with E-state index >= 15 is 0 Å². The Morgan fingerprint density at radius 3 is 2.44 bits per heavy atom.